The van der Waals surface area contributed by atoms with Crippen molar-refractivity contribution in [1.29, 1.82) is 0 Å². The predicted octanol–water partition coefficient (Wildman–Crippen LogP) is 2.15. The zero-order chi connectivity index (χ0) is 14.8. The van der Waals surface area contributed by atoms with Crippen molar-refractivity contribution in [2.24, 2.45) is 0 Å². The zero-order valence-electron chi connectivity index (χ0n) is 10.8. The maximum absolute atomic E-state index is 12.5. The lowest BCUT2D eigenvalue weighted by molar-refractivity contribution is 0.0593. The van der Waals surface area contributed by atoms with Gasteiger partial charge in [-0.05, 0) is 23.8 Å². The fraction of sp³-hybridized carbons (Fsp3) is 0.0714. The van der Waals surface area contributed by atoms with Crippen LogP contribution in [-0.2, 0) is 14.8 Å². The third-order valence-electron chi connectivity index (χ3n) is 2.74. The van der Waals surface area contributed by atoms with E-state index in [9.17, 15) is 13.2 Å². The first-order valence-corrected chi connectivity index (χ1v) is 7.18. The molecule has 1 aromatic carbocycles. The summed E-state index contributed by atoms with van der Waals surface area (Å²) in [6, 6.07) is 9.28. The summed E-state index contributed by atoms with van der Waals surface area (Å²) >= 11 is 0. The fourth-order valence-corrected chi connectivity index (χ4v) is 3.11. The highest BCUT2D eigenvalue weighted by molar-refractivity contribution is 7.90. The Bertz CT molecular complexity index is 745. The Balaban J connectivity index is 2.66. The molecule has 2 aromatic rings. The van der Waals surface area contributed by atoms with Crippen molar-refractivity contribution in [2.75, 3.05) is 7.11 Å². The molecule has 0 aliphatic heterocycles. The van der Waals surface area contributed by atoms with Crippen LogP contribution in [0.15, 0.2) is 54.1 Å². The number of rotatable bonds is 4. The summed E-state index contributed by atoms with van der Waals surface area (Å²) in [4.78, 5) is 11.8. The summed E-state index contributed by atoms with van der Waals surface area (Å²) in [5.41, 5.74) is 0.455. The molecule has 0 unspecified atom stereocenters. The van der Waals surface area contributed by atoms with Crippen LogP contribution in [0.5, 0.6) is 0 Å². The number of carbonyl (C=O) groups is 1. The van der Waals surface area contributed by atoms with Gasteiger partial charge in [0.1, 0.15) is 5.69 Å². The molecule has 104 valence electrons. The number of hydrogen-bond acceptors (Lipinski definition) is 4. The molecule has 0 aliphatic rings. The Kier molecular flexibility index (Phi) is 3.76. The van der Waals surface area contributed by atoms with Gasteiger partial charge < -0.3 is 4.74 Å². The maximum atomic E-state index is 12.5. The van der Waals surface area contributed by atoms with Crippen molar-refractivity contribution in [2.45, 2.75) is 4.90 Å². The van der Waals surface area contributed by atoms with Crippen LogP contribution in [0.25, 0.3) is 6.08 Å². The quantitative estimate of drug-likeness (QED) is 0.810. The average molecular weight is 291 g/mol. The molecule has 1 aromatic heterocycles. The van der Waals surface area contributed by atoms with E-state index in [2.05, 4.69) is 11.3 Å². The van der Waals surface area contributed by atoms with E-state index in [0.717, 1.165) is 3.97 Å². The molecule has 0 bridgehead atoms. The van der Waals surface area contributed by atoms with Crippen LogP contribution >= 0.6 is 0 Å². The Morgan fingerprint density at radius 3 is 2.50 bits per heavy atom. The van der Waals surface area contributed by atoms with E-state index < -0.39 is 16.0 Å². The number of hydrogen-bond donors (Lipinski definition) is 0. The minimum Gasteiger partial charge on any atom is -0.464 e. The van der Waals surface area contributed by atoms with Crippen molar-refractivity contribution in [3.63, 3.8) is 0 Å². The molecule has 0 aliphatic carbocycles. The second kappa shape index (κ2) is 5.34. The van der Waals surface area contributed by atoms with E-state index in [4.69, 9.17) is 0 Å². The Morgan fingerprint density at radius 1 is 1.30 bits per heavy atom. The minimum absolute atomic E-state index is 0.0637. The summed E-state index contributed by atoms with van der Waals surface area (Å²) in [6.45, 7) is 3.57. The highest BCUT2D eigenvalue weighted by Crippen LogP contribution is 2.19. The molecule has 0 amide bonds. The standard InChI is InChI=1S/C14H13NO4S/c1-3-11-9-13(14(16)19-2)15(10-11)20(17,18)12-7-5-4-6-8-12/h3-10H,1H2,2H3. The summed E-state index contributed by atoms with van der Waals surface area (Å²) < 4.78 is 30.6. The van der Waals surface area contributed by atoms with Gasteiger partial charge in [-0.15, -0.1) is 0 Å². The molecular weight excluding hydrogens is 278 g/mol. The first kappa shape index (κ1) is 14.1. The number of carbonyl (C=O) groups excluding carboxylic acids is 1. The average Bonchev–Trinajstić information content (AvgIpc) is 2.92. The van der Waals surface area contributed by atoms with Crippen LogP contribution in [0.3, 0.4) is 0 Å². The second-order valence-electron chi connectivity index (χ2n) is 3.97. The number of ether oxygens (including phenoxy) is 1. The lowest BCUT2D eigenvalue weighted by atomic mass is 10.3. The van der Waals surface area contributed by atoms with Gasteiger partial charge in [-0.3, -0.25) is 0 Å². The molecule has 0 radical (unpaired) electrons. The summed E-state index contributed by atoms with van der Waals surface area (Å²) in [5, 5.41) is 0. The van der Waals surface area contributed by atoms with Crippen LogP contribution in [0.4, 0.5) is 0 Å². The second-order valence-corrected chi connectivity index (χ2v) is 5.78. The Morgan fingerprint density at radius 2 is 1.95 bits per heavy atom. The molecule has 5 nitrogen and oxygen atoms in total. The molecule has 0 saturated carbocycles. The molecule has 0 spiro atoms. The van der Waals surface area contributed by atoms with Gasteiger partial charge in [0.25, 0.3) is 10.0 Å². The first-order chi connectivity index (χ1) is 9.50. The van der Waals surface area contributed by atoms with E-state index in [0.29, 0.717) is 5.56 Å². The molecule has 1 heterocycles. The van der Waals surface area contributed by atoms with Gasteiger partial charge in [0.2, 0.25) is 0 Å². The van der Waals surface area contributed by atoms with Crippen LogP contribution in [0.1, 0.15) is 16.1 Å². The van der Waals surface area contributed by atoms with E-state index in [1.54, 1.807) is 18.2 Å². The molecule has 20 heavy (non-hydrogen) atoms. The monoisotopic (exact) mass is 291 g/mol. The highest BCUT2D eigenvalue weighted by atomic mass is 32.2. The molecule has 0 fully saturated rings. The number of aromatic nitrogens is 1. The number of methoxy groups -OCH3 is 1. The van der Waals surface area contributed by atoms with Gasteiger partial charge in [-0.2, -0.15) is 0 Å². The van der Waals surface area contributed by atoms with E-state index in [1.807, 2.05) is 0 Å². The maximum Gasteiger partial charge on any atom is 0.355 e. The molecule has 6 heteroatoms. The lowest BCUT2D eigenvalue weighted by Gasteiger charge is -2.08. The SMILES string of the molecule is C=Cc1cc(C(=O)OC)n(S(=O)(=O)c2ccccc2)c1. The largest absolute Gasteiger partial charge is 0.464 e. The Hall–Kier alpha value is -2.34. The van der Waals surface area contributed by atoms with Gasteiger partial charge in [0.15, 0.2) is 0 Å². The van der Waals surface area contributed by atoms with Crippen molar-refractivity contribution in [3.8, 4) is 0 Å². The first-order valence-electron chi connectivity index (χ1n) is 5.74. The van der Waals surface area contributed by atoms with Gasteiger partial charge in [-0.1, -0.05) is 30.9 Å². The van der Waals surface area contributed by atoms with E-state index in [-0.39, 0.29) is 10.6 Å². The molecule has 0 N–H and O–H groups in total. The van der Waals surface area contributed by atoms with Gasteiger partial charge >= 0.3 is 5.97 Å². The normalized spacial score (nSPS) is 11.1. The number of esters is 1. The van der Waals surface area contributed by atoms with Crippen molar-refractivity contribution < 1.29 is 17.9 Å². The van der Waals surface area contributed by atoms with Crippen LogP contribution in [-0.4, -0.2) is 25.5 Å². The lowest BCUT2D eigenvalue weighted by Crippen LogP contribution is -2.18. The topological polar surface area (TPSA) is 65.4 Å². The minimum atomic E-state index is -3.85. The zero-order valence-corrected chi connectivity index (χ0v) is 11.6. The molecule has 0 saturated heterocycles. The number of nitrogens with zero attached hydrogens (tertiary/aromatic N) is 1. The summed E-state index contributed by atoms with van der Waals surface area (Å²) in [6.07, 6.45) is 2.80. The van der Waals surface area contributed by atoms with Gasteiger partial charge in [0, 0.05) is 6.20 Å². The third kappa shape index (κ3) is 2.37. The number of benzene rings is 1. The fourth-order valence-electron chi connectivity index (χ4n) is 1.73. The van der Waals surface area contributed by atoms with Crippen molar-refractivity contribution in [3.05, 3.63) is 60.4 Å². The molecule has 2 rings (SSSR count). The van der Waals surface area contributed by atoms with Crippen molar-refractivity contribution in [1.82, 2.24) is 3.97 Å². The smallest absolute Gasteiger partial charge is 0.355 e. The van der Waals surface area contributed by atoms with Crippen LogP contribution in [0, 0.1) is 0 Å². The van der Waals surface area contributed by atoms with Crippen LogP contribution < -0.4 is 0 Å². The van der Waals surface area contributed by atoms with Gasteiger partial charge in [0.05, 0.1) is 12.0 Å². The third-order valence-corrected chi connectivity index (χ3v) is 4.43. The summed E-state index contributed by atoms with van der Waals surface area (Å²) in [5.74, 6) is -0.724. The van der Waals surface area contributed by atoms with E-state index in [1.165, 1.54) is 37.6 Å². The van der Waals surface area contributed by atoms with Crippen molar-refractivity contribution >= 4 is 22.1 Å². The summed E-state index contributed by atoms with van der Waals surface area (Å²) in [7, 11) is -2.65. The molecule has 0 atom stereocenters. The Labute approximate surface area is 117 Å². The van der Waals surface area contributed by atoms with Crippen LogP contribution in [0.2, 0.25) is 0 Å². The van der Waals surface area contributed by atoms with E-state index >= 15 is 0 Å². The van der Waals surface area contributed by atoms with Gasteiger partial charge in [-0.25, -0.2) is 17.2 Å². The highest BCUT2D eigenvalue weighted by Gasteiger charge is 2.24. The molecular formula is C14H13NO4S. The predicted molar refractivity (Wildman–Crippen MR) is 74.9 cm³/mol.